The summed E-state index contributed by atoms with van der Waals surface area (Å²) in [5, 5.41) is 21.3. The monoisotopic (exact) mass is 423 g/mol. The van der Waals surface area contributed by atoms with Gasteiger partial charge in [0.2, 0.25) is 0 Å². The third-order valence-electron chi connectivity index (χ3n) is 5.33. The number of nitrogens with zero attached hydrogens (tertiary/aromatic N) is 5. The molecule has 0 saturated carbocycles. The van der Waals surface area contributed by atoms with Crippen LogP contribution in [0, 0.1) is 30.0 Å². The van der Waals surface area contributed by atoms with Crippen LogP contribution < -0.4 is 11.1 Å². The van der Waals surface area contributed by atoms with Gasteiger partial charge < -0.3 is 15.6 Å². The number of likely N-dealkylation sites (tertiary alicyclic amines) is 1. The lowest BCUT2D eigenvalue weighted by atomic mass is 9.93. The number of carbonyl (C=O) groups is 1. The number of hydrogen-bond acceptors (Lipinski definition) is 7. The molecular weight excluding hydrogens is 401 g/mol. The van der Waals surface area contributed by atoms with E-state index in [2.05, 4.69) is 26.5 Å². The van der Waals surface area contributed by atoms with Crippen LogP contribution in [0.2, 0.25) is 0 Å². The molecule has 0 bridgehead atoms. The molecule has 0 aliphatic carbocycles. The number of piperidine rings is 1. The van der Waals surface area contributed by atoms with E-state index < -0.39 is 5.91 Å². The van der Waals surface area contributed by atoms with Gasteiger partial charge >= 0.3 is 0 Å². The van der Waals surface area contributed by atoms with Gasteiger partial charge in [-0.2, -0.15) is 10.4 Å². The molecule has 3 N–H and O–H groups in total. The van der Waals surface area contributed by atoms with Gasteiger partial charge in [-0.3, -0.25) is 14.4 Å². The smallest absolute Gasteiger partial charge is 0.254 e. The molecule has 0 unspecified atom stereocenters. The van der Waals surface area contributed by atoms with Gasteiger partial charge in [-0.25, -0.2) is 4.39 Å². The van der Waals surface area contributed by atoms with Crippen LogP contribution in [0.4, 0.5) is 15.9 Å². The molecule has 1 fully saturated rings. The summed E-state index contributed by atoms with van der Waals surface area (Å²) in [6.45, 7) is 3.72. The lowest BCUT2D eigenvalue weighted by Crippen LogP contribution is -2.40. The van der Waals surface area contributed by atoms with Crippen LogP contribution in [0.15, 0.2) is 41.1 Å². The molecule has 1 aliphatic heterocycles. The Kier molecular flexibility index (Phi) is 5.68. The summed E-state index contributed by atoms with van der Waals surface area (Å²) in [7, 11) is 0. The summed E-state index contributed by atoms with van der Waals surface area (Å²) in [6, 6.07) is 9.74. The zero-order chi connectivity index (χ0) is 22.0. The summed E-state index contributed by atoms with van der Waals surface area (Å²) >= 11 is 0. The van der Waals surface area contributed by atoms with E-state index in [1.807, 2.05) is 13.0 Å². The second-order valence-corrected chi connectivity index (χ2v) is 7.62. The molecule has 3 aromatic rings. The first-order valence-electron chi connectivity index (χ1n) is 9.88. The maximum absolute atomic E-state index is 13.2. The zero-order valence-corrected chi connectivity index (χ0v) is 17.0. The first-order valence-corrected chi connectivity index (χ1v) is 9.88. The molecule has 10 heteroatoms. The van der Waals surface area contributed by atoms with Crippen LogP contribution in [0.5, 0.6) is 0 Å². The Balaban J connectivity index is 1.52. The van der Waals surface area contributed by atoms with Gasteiger partial charge in [0.25, 0.3) is 5.91 Å². The fourth-order valence-corrected chi connectivity index (χ4v) is 3.82. The van der Waals surface area contributed by atoms with E-state index in [0.717, 1.165) is 18.0 Å². The number of primary amides is 1. The zero-order valence-electron chi connectivity index (χ0n) is 17.0. The Morgan fingerprint density at radius 3 is 2.84 bits per heavy atom. The summed E-state index contributed by atoms with van der Waals surface area (Å²) in [5.74, 6) is -0.311. The van der Waals surface area contributed by atoms with Crippen LogP contribution in [0.1, 0.15) is 34.3 Å². The van der Waals surface area contributed by atoms with Gasteiger partial charge in [-0.15, -0.1) is 0 Å². The quantitative estimate of drug-likeness (QED) is 0.624. The standard InChI is InChI=1S/C21H22FN7O2/c1-13-8-17(27-31-13)11-28-7-6-19(14(9-23)10-28)29-12-18(20(24)30)21(26-29)25-16-4-2-15(22)3-5-16/h2-5,8,12,14,19H,6-7,10-11H2,1H3,(H2,24,30)(H,25,26)/t14-,19-/m0/s1. The number of anilines is 2. The molecule has 3 heterocycles. The predicted molar refractivity (Wildman–Crippen MR) is 110 cm³/mol. The van der Waals surface area contributed by atoms with E-state index in [0.29, 0.717) is 25.2 Å². The number of aromatic nitrogens is 3. The molecule has 2 aromatic heterocycles. The second kappa shape index (κ2) is 8.57. The molecule has 1 aliphatic rings. The third-order valence-corrected chi connectivity index (χ3v) is 5.33. The van der Waals surface area contributed by atoms with Crippen molar-refractivity contribution in [2.45, 2.75) is 25.9 Å². The van der Waals surface area contributed by atoms with Crippen molar-refractivity contribution in [2.75, 3.05) is 18.4 Å². The van der Waals surface area contributed by atoms with Crippen molar-refractivity contribution in [1.82, 2.24) is 19.8 Å². The maximum Gasteiger partial charge on any atom is 0.254 e. The molecular formula is C21H22FN7O2. The second-order valence-electron chi connectivity index (χ2n) is 7.62. The van der Waals surface area contributed by atoms with E-state index in [1.165, 1.54) is 12.1 Å². The molecule has 1 aromatic carbocycles. The molecule has 1 saturated heterocycles. The highest BCUT2D eigenvalue weighted by Crippen LogP contribution is 2.31. The van der Waals surface area contributed by atoms with Crippen LogP contribution in [-0.4, -0.2) is 38.8 Å². The van der Waals surface area contributed by atoms with E-state index in [4.69, 9.17) is 10.3 Å². The van der Waals surface area contributed by atoms with E-state index in [1.54, 1.807) is 23.0 Å². The Morgan fingerprint density at radius 2 is 2.19 bits per heavy atom. The topological polar surface area (TPSA) is 126 Å². The highest BCUT2D eigenvalue weighted by molar-refractivity contribution is 5.98. The van der Waals surface area contributed by atoms with Crippen molar-refractivity contribution >= 4 is 17.4 Å². The van der Waals surface area contributed by atoms with Gasteiger partial charge in [0.1, 0.15) is 17.1 Å². The number of nitriles is 1. The number of halogens is 1. The van der Waals surface area contributed by atoms with Crippen LogP contribution in [0.25, 0.3) is 0 Å². The van der Waals surface area contributed by atoms with Gasteiger partial charge in [0.15, 0.2) is 5.82 Å². The molecule has 2 atom stereocenters. The molecule has 1 amide bonds. The fourth-order valence-electron chi connectivity index (χ4n) is 3.82. The minimum absolute atomic E-state index is 0.206. The summed E-state index contributed by atoms with van der Waals surface area (Å²) in [4.78, 5) is 14.1. The van der Waals surface area contributed by atoms with Crippen LogP contribution in [0.3, 0.4) is 0 Å². The maximum atomic E-state index is 13.2. The summed E-state index contributed by atoms with van der Waals surface area (Å²) in [6.07, 6.45) is 2.24. The predicted octanol–water partition coefficient (Wildman–Crippen LogP) is 2.75. The van der Waals surface area contributed by atoms with Gasteiger partial charge in [0, 0.05) is 37.6 Å². The molecule has 4 rings (SSSR count). The minimum atomic E-state index is -0.636. The number of hydrogen-bond donors (Lipinski definition) is 2. The SMILES string of the molecule is Cc1cc(CN2CC[C@H](n3cc(C(N)=O)c(Nc4ccc(F)cc4)n3)[C@@H](C#N)C2)no1. The van der Waals surface area contributed by atoms with Crippen LogP contribution in [-0.2, 0) is 6.54 Å². The first-order chi connectivity index (χ1) is 14.9. The normalized spacial score (nSPS) is 19.1. The molecule has 31 heavy (non-hydrogen) atoms. The van der Waals surface area contributed by atoms with Crippen molar-refractivity contribution in [2.24, 2.45) is 11.7 Å². The number of nitrogens with two attached hydrogens (primary N) is 1. The van der Waals surface area contributed by atoms with Crippen molar-refractivity contribution in [3.8, 4) is 6.07 Å². The summed E-state index contributed by atoms with van der Waals surface area (Å²) < 4.78 is 19.9. The summed E-state index contributed by atoms with van der Waals surface area (Å²) in [5.41, 5.74) is 7.14. The number of amides is 1. The Hall–Kier alpha value is -3.71. The highest BCUT2D eigenvalue weighted by Gasteiger charge is 2.32. The fraction of sp³-hybridized carbons (Fsp3) is 0.333. The Labute approximate surface area is 178 Å². The molecule has 0 spiro atoms. The number of nitrogens with one attached hydrogen (secondary N) is 1. The molecule has 9 nitrogen and oxygen atoms in total. The van der Waals surface area contributed by atoms with Gasteiger partial charge in [-0.05, 0) is 37.6 Å². The lowest BCUT2D eigenvalue weighted by Gasteiger charge is -2.34. The Morgan fingerprint density at radius 1 is 1.42 bits per heavy atom. The lowest BCUT2D eigenvalue weighted by molar-refractivity contribution is 0.100. The first kappa shape index (κ1) is 20.6. The minimum Gasteiger partial charge on any atom is -0.365 e. The average molecular weight is 423 g/mol. The highest BCUT2D eigenvalue weighted by atomic mass is 19.1. The Bertz CT molecular complexity index is 1120. The average Bonchev–Trinajstić information content (AvgIpc) is 3.35. The van der Waals surface area contributed by atoms with Crippen molar-refractivity contribution in [3.05, 3.63) is 59.4 Å². The van der Waals surface area contributed by atoms with E-state index in [-0.39, 0.29) is 29.2 Å². The number of benzene rings is 1. The van der Waals surface area contributed by atoms with Gasteiger partial charge in [-0.1, -0.05) is 5.16 Å². The van der Waals surface area contributed by atoms with Crippen molar-refractivity contribution in [1.29, 1.82) is 5.26 Å². The molecule has 160 valence electrons. The van der Waals surface area contributed by atoms with Gasteiger partial charge in [0.05, 0.1) is 23.7 Å². The number of aryl methyl sites for hydroxylation is 1. The largest absolute Gasteiger partial charge is 0.365 e. The van der Waals surface area contributed by atoms with E-state index in [9.17, 15) is 14.4 Å². The van der Waals surface area contributed by atoms with Crippen molar-refractivity contribution in [3.63, 3.8) is 0 Å². The third kappa shape index (κ3) is 4.57. The van der Waals surface area contributed by atoms with Crippen molar-refractivity contribution < 1.29 is 13.7 Å². The van der Waals surface area contributed by atoms with E-state index >= 15 is 0 Å². The number of rotatable bonds is 6. The van der Waals surface area contributed by atoms with Crippen LogP contribution >= 0.6 is 0 Å². The molecule has 0 radical (unpaired) electrons. The number of carbonyl (C=O) groups excluding carboxylic acids is 1.